The molecule has 97 heavy (non-hydrogen) atoms. The number of unbranched alkanes of at least 4 members (excludes halogenated alkanes) is 16. The number of terminal acetylenes is 2. The Labute approximate surface area is 599 Å². The second-order valence-corrected chi connectivity index (χ2v) is 32.6. The van der Waals surface area contributed by atoms with Gasteiger partial charge in [0.2, 0.25) is 0 Å². The van der Waals surface area contributed by atoms with Crippen LogP contribution in [0.4, 0.5) is 0 Å². The molecule has 1 rings (SSSR count). The highest BCUT2D eigenvalue weighted by Gasteiger charge is 2.39. The summed E-state index contributed by atoms with van der Waals surface area (Å²) >= 11 is 0. The van der Waals surface area contributed by atoms with Gasteiger partial charge in [0.05, 0.1) is 12.2 Å². The second-order valence-electron chi connectivity index (χ2n) is 25.1. The van der Waals surface area contributed by atoms with Crippen LogP contribution in [-0.4, -0.2) is 170 Å². The van der Waals surface area contributed by atoms with Gasteiger partial charge in [-0.3, -0.25) is 19.5 Å². The van der Waals surface area contributed by atoms with E-state index in [1.807, 2.05) is 26.5 Å². The minimum atomic E-state index is -2.04. The van der Waals surface area contributed by atoms with Crippen LogP contribution in [0.2, 0.25) is 18.1 Å². The Morgan fingerprint density at radius 1 is 0.464 bits per heavy atom. The molecule has 0 bridgehead atoms. The van der Waals surface area contributed by atoms with Crippen molar-refractivity contribution in [1.82, 2.24) is 19.6 Å². The lowest BCUT2D eigenvalue weighted by Crippen LogP contribution is -2.48. The summed E-state index contributed by atoms with van der Waals surface area (Å²) in [5.74, 6) is 77.3. The van der Waals surface area contributed by atoms with Gasteiger partial charge in [0, 0.05) is 76.8 Å². The maximum absolute atomic E-state index is 13.2. The number of aliphatic hydroxyl groups excluding tert-OH is 3. The fourth-order valence-electron chi connectivity index (χ4n) is 9.73. The Kier molecular flexibility index (Phi) is 56.8. The minimum absolute atomic E-state index is 0.107. The van der Waals surface area contributed by atoms with Gasteiger partial charge < -0.3 is 29.4 Å². The van der Waals surface area contributed by atoms with Crippen molar-refractivity contribution in [1.29, 1.82) is 0 Å². The zero-order valence-electron chi connectivity index (χ0n) is 59.7. The van der Waals surface area contributed by atoms with Gasteiger partial charge in [-0.25, -0.2) is 0 Å². The first-order valence-electron chi connectivity index (χ1n) is 35.1. The summed E-state index contributed by atoms with van der Waals surface area (Å²) in [4.78, 5) is 22.5. The Morgan fingerprint density at radius 2 is 0.835 bits per heavy atom. The highest BCUT2D eigenvalue weighted by atomic mass is 33.1. The number of hydrogen-bond acceptors (Lipinski definition) is 12. The average molecular weight is 1360 g/mol. The van der Waals surface area contributed by atoms with Gasteiger partial charge in [-0.15, -0.1) is 12.8 Å². The van der Waals surface area contributed by atoms with Gasteiger partial charge in [0.1, 0.15) is 18.8 Å². The van der Waals surface area contributed by atoms with Crippen LogP contribution < -0.4 is 0 Å². The van der Waals surface area contributed by atoms with Crippen LogP contribution in [0, 0.1) is 190 Å². The van der Waals surface area contributed by atoms with Crippen molar-refractivity contribution in [3.05, 3.63) is 0 Å². The predicted molar refractivity (Wildman–Crippen MR) is 410 cm³/mol. The van der Waals surface area contributed by atoms with Crippen molar-refractivity contribution in [3.63, 3.8) is 0 Å². The lowest BCUT2D eigenvalue weighted by Gasteiger charge is -2.41. The van der Waals surface area contributed by atoms with Gasteiger partial charge in [0.25, 0.3) is 0 Å². The fraction of sp³-hybridized carbons (Fsp3) is 0.607. The number of esters is 1. The molecule has 10 nitrogen and oxygen atoms in total. The smallest absolute Gasteiger partial charge is 0.305 e. The monoisotopic (exact) mass is 1360 g/mol. The normalized spacial score (nSPS) is 12.4. The summed E-state index contributed by atoms with van der Waals surface area (Å²) in [6.45, 7) is 25.5. The molecule has 0 saturated carbocycles. The molecule has 4 atom stereocenters. The lowest BCUT2D eigenvalue weighted by molar-refractivity contribution is -0.144. The number of carbonyl (C=O) groups is 1. The number of ether oxygens (including phenoxy) is 1. The maximum Gasteiger partial charge on any atom is 0.305 e. The molecule has 13 heteroatoms. The lowest BCUT2D eigenvalue weighted by atomic mass is 10.0. The third kappa shape index (κ3) is 55.7. The van der Waals surface area contributed by atoms with Crippen LogP contribution >= 0.6 is 21.6 Å². The summed E-state index contributed by atoms with van der Waals surface area (Å²) in [6, 6.07) is 0. The molecule has 3 N–H and O–H groups in total. The number of carbonyl (C=O) groups excluding carboxylic acids is 1. The summed E-state index contributed by atoms with van der Waals surface area (Å²) in [5.41, 5.74) is 0. The summed E-state index contributed by atoms with van der Waals surface area (Å²) in [7, 11) is 1.74. The molecule has 1 saturated heterocycles. The van der Waals surface area contributed by atoms with Gasteiger partial charge in [0.15, 0.2) is 8.32 Å². The van der Waals surface area contributed by atoms with Crippen molar-refractivity contribution in [3.8, 4) is 190 Å². The van der Waals surface area contributed by atoms with E-state index in [-0.39, 0.29) is 30.2 Å². The van der Waals surface area contributed by atoms with Crippen molar-refractivity contribution >= 4 is 35.9 Å². The molecule has 4 unspecified atom stereocenters. The van der Waals surface area contributed by atoms with Gasteiger partial charge in [-0.05, 0) is 248 Å². The number of rotatable bonds is 46. The first-order chi connectivity index (χ1) is 47.1. The molecule has 1 heterocycles. The molecule has 1 aliphatic heterocycles. The summed E-state index contributed by atoms with van der Waals surface area (Å²) in [5, 5.41) is 33.1. The van der Waals surface area contributed by atoms with Crippen LogP contribution in [-0.2, 0) is 14.0 Å². The zero-order chi connectivity index (χ0) is 70.8. The molecular weight excluding hydrogens is 1250 g/mol. The molecular formula is C84H108N4O6S2Si. The summed E-state index contributed by atoms with van der Waals surface area (Å²) < 4.78 is 13.0. The maximum atomic E-state index is 13.2. The van der Waals surface area contributed by atoms with Crippen LogP contribution in [0.25, 0.3) is 0 Å². The Morgan fingerprint density at radius 3 is 1.27 bits per heavy atom. The fourth-order valence-corrected chi connectivity index (χ4v) is 13.4. The van der Waals surface area contributed by atoms with Gasteiger partial charge in [-0.2, -0.15) is 0 Å². The third-order valence-corrected chi connectivity index (χ3v) is 23.0. The molecule has 0 spiro atoms. The highest BCUT2D eigenvalue weighted by molar-refractivity contribution is 8.76. The zero-order valence-corrected chi connectivity index (χ0v) is 62.3. The van der Waals surface area contributed by atoms with Crippen LogP contribution in [0.1, 0.15) is 189 Å². The highest BCUT2D eigenvalue weighted by Crippen LogP contribution is 2.38. The first-order valence-corrected chi connectivity index (χ1v) is 40.5. The third-order valence-electron chi connectivity index (χ3n) is 15.9. The molecule has 0 aliphatic carbocycles. The Balaban J connectivity index is 2.66. The number of piperazine rings is 1. The van der Waals surface area contributed by atoms with E-state index >= 15 is 0 Å². The largest absolute Gasteiger partial charge is 0.464 e. The number of hydrogen-bond donors (Lipinski definition) is 3. The van der Waals surface area contributed by atoms with E-state index in [9.17, 15) is 20.1 Å². The van der Waals surface area contributed by atoms with Crippen LogP contribution in [0.15, 0.2) is 0 Å². The molecule has 0 radical (unpaired) electrons. The topological polar surface area (TPSA) is 109 Å². The number of nitrogens with zero attached hydrogens (tertiary/aromatic N) is 4. The standard InChI is InChI=1S/C84H108N4O6S2Si/c1-10-14-18-22-26-30-32-34-36-38-40-43-47-50-59-79(89)75-87(76-80(90)60-51-48-44-41-39-37-35-33-31-27-23-19-15-11-2)65-55-57-74-96-95-73-56-54-64-85-67-69-86(70-68-85)71-72-93-83(92)63-58-66-88(77-81(91)61-52-46-42-28-24-20-16-12-3)78-82(94-97(8,9)84(5,6)7)62-53-49-45-29-25-21-17-13-4/h1-2,79-82,89-91H,12-13,16-17,20-21,24-25,28-29,42,45-46,49,52-58,61-78H2,3-9H3. The first kappa shape index (κ1) is 88.0. The Bertz CT molecular complexity index is 3160. The molecule has 0 amide bonds. The van der Waals surface area contributed by atoms with Gasteiger partial charge >= 0.3 is 5.97 Å². The van der Waals surface area contributed by atoms with E-state index in [0.717, 1.165) is 115 Å². The molecule has 0 aromatic rings. The van der Waals surface area contributed by atoms with E-state index in [4.69, 9.17) is 22.0 Å². The number of aliphatic hydroxyl groups is 3. The van der Waals surface area contributed by atoms with Crippen LogP contribution in [0.5, 0.6) is 0 Å². The molecule has 1 fully saturated rings. The molecule has 0 aromatic carbocycles. The Hall–Kier alpha value is -6.97. The average Bonchev–Trinajstić information content (AvgIpc) is 0.880. The molecule has 0 aromatic heterocycles. The van der Waals surface area contributed by atoms with E-state index in [0.29, 0.717) is 32.5 Å². The molecule has 516 valence electrons. The summed E-state index contributed by atoms with van der Waals surface area (Å²) in [6.07, 6.45) is 35.0. The predicted octanol–water partition coefficient (Wildman–Crippen LogP) is 11.3. The van der Waals surface area contributed by atoms with Crippen LogP contribution in [0.3, 0.4) is 0 Å². The quantitative estimate of drug-likeness (QED) is 0.0178. The van der Waals surface area contributed by atoms with E-state index in [2.05, 4.69) is 240 Å². The van der Waals surface area contributed by atoms with Crippen molar-refractivity contribution in [2.24, 2.45) is 0 Å². The van der Waals surface area contributed by atoms with E-state index in [1.165, 1.54) is 89.9 Å². The SMILES string of the molecule is C#CC#CC#CC#CC#CC#CC#CC#CC(O)CN(CCCCSSCCCCN1CCN(CCOC(=O)CCCN(CC(O)CCCCCCCCCC)CC(CCCCCCCCCC)O[Si](C)(C)C(C)(C)C)CC1)CC(O)C#CC#CC#CC#CC#CC#CC#CC#C. The van der Waals surface area contributed by atoms with E-state index in [1.54, 1.807) is 0 Å². The minimum Gasteiger partial charge on any atom is -0.464 e. The molecule has 1 aliphatic rings. The second kappa shape index (κ2) is 62.5. The van der Waals surface area contributed by atoms with Crippen molar-refractivity contribution in [2.75, 3.05) is 96.6 Å². The van der Waals surface area contributed by atoms with Gasteiger partial charge in [-0.1, -0.05) is 171 Å². The van der Waals surface area contributed by atoms with Crippen molar-refractivity contribution < 1.29 is 29.3 Å². The van der Waals surface area contributed by atoms with E-state index < -0.39 is 26.6 Å². The van der Waals surface area contributed by atoms with Crippen molar-refractivity contribution in [2.45, 2.75) is 231 Å².